The summed E-state index contributed by atoms with van der Waals surface area (Å²) in [6, 6.07) is 10.0. The average Bonchev–Trinajstić information content (AvgIpc) is 2.25. The zero-order chi connectivity index (χ0) is 12.4. The highest BCUT2D eigenvalue weighted by Gasteiger charge is 2.07. The van der Waals surface area contributed by atoms with E-state index in [9.17, 15) is 0 Å². The van der Waals surface area contributed by atoms with Crippen molar-refractivity contribution in [1.29, 1.82) is 0 Å². The average molecular weight is 228 g/mol. The number of aromatic nitrogens is 1. The van der Waals surface area contributed by atoms with Gasteiger partial charge in [-0.1, -0.05) is 29.8 Å². The predicted molar refractivity (Wildman–Crippen MR) is 71.5 cm³/mol. The second-order valence-electron chi connectivity index (χ2n) is 4.17. The Balaban J connectivity index is 2.36. The number of hydrogen-bond donors (Lipinski definition) is 3. The third-order valence-electron chi connectivity index (χ3n) is 2.67. The molecule has 2 aromatic rings. The van der Waals surface area contributed by atoms with Crippen LogP contribution >= 0.6 is 0 Å². The molecule has 0 fully saturated rings. The molecule has 0 saturated carbocycles. The van der Waals surface area contributed by atoms with Gasteiger partial charge in [-0.05, 0) is 30.5 Å². The van der Waals surface area contributed by atoms with Crippen molar-refractivity contribution in [3.63, 3.8) is 0 Å². The first-order valence-electron chi connectivity index (χ1n) is 5.42. The predicted octanol–water partition coefficient (Wildman–Crippen LogP) is 1.73. The summed E-state index contributed by atoms with van der Waals surface area (Å²) < 4.78 is 0. The molecule has 0 aliphatic rings. The standard InChI is InChI=1S/C13H16N4/c1-8-3-2-4-9(5-8)6-10-7-11(14)17-13(16)12(10)15/h2-5,7H,6,15H2,1H3,(H4,14,16,17). The van der Waals surface area contributed by atoms with Crippen molar-refractivity contribution < 1.29 is 0 Å². The maximum atomic E-state index is 5.89. The molecule has 6 N–H and O–H groups in total. The van der Waals surface area contributed by atoms with Crippen LogP contribution in [-0.4, -0.2) is 4.98 Å². The number of benzene rings is 1. The molecular formula is C13H16N4. The third kappa shape index (κ3) is 2.47. The molecule has 0 unspecified atom stereocenters. The Labute approximate surface area is 100 Å². The smallest absolute Gasteiger partial charge is 0.149 e. The van der Waals surface area contributed by atoms with Gasteiger partial charge in [0.2, 0.25) is 0 Å². The molecule has 0 radical (unpaired) electrons. The van der Waals surface area contributed by atoms with E-state index in [4.69, 9.17) is 17.2 Å². The van der Waals surface area contributed by atoms with Crippen molar-refractivity contribution >= 4 is 17.3 Å². The molecular weight excluding hydrogens is 212 g/mol. The van der Waals surface area contributed by atoms with E-state index in [2.05, 4.69) is 30.1 Å². The van der Waals surface area contributed by atoms with Gasteiger partial charge in [-0.2, -0.15) is 0 Å². The van der Waals surface area contributed by atoms with Crippen LogP contribution in [0.5, 0.6) is 0 Å². The molecule has 1 heterocycles. The fourth-order valence-corrected chi connectivity index (χ4v) is 1.84. The van der Waals surface area contributed by atoms with E-state index in [0.29, 0.717) is 23.7 Å². The van der Waals surface area contributed by atoms with Crippen molar-refractivity contribution in [2.75, 3.05) is 17.2 Å². The van der Waals surface area contributed by atoms with Crippen LogP contribution in [-0.2, 0) is 6.42 Å². The van der Waals surface area contributed by atoms with E-state index < -0.39 is 0 Å². The molecule has 0 aliphatic heterocycles. The number of aryl methyl sites for hydroxylation is 1. The normalized spacial score (nSPS) is 10.4. The first kappa shape index (κ1) is 11.3. The van der Waals surface area contributed by atoms with Crippen LogP contribution < -0.4 is 17.2 Å². The van der Waals surface area contributed by atoms with Gasteiger partial charge in [-0.25, -0.2) is 4.98 Å². The van der Waals surface area contributed by atoms with Gasteiger partial charge in [0, 0.05) is 0 Å². The molecule has 4 heteroatoms. The van der Waals surface area contributed by atoms with Gasteiger partial charge in [0.1, 0.15) is 11.6 Å². The van der Waals surface area contributed by atoms with E-state index >= 15 is 0 Å². The quantitative estimate of drug-likeness (QED) is 0.730. The van der Waals surface area contributed by atoms with Crippen LogP contribution in [0.3, 0.4) is 0 Å². The summed E-state index contributed by atoms with van der Waals surface area (Å²) in [4.78, 5) is 3.92. The highest BCUT2D eigenvalue weighted by molar-refractivity contribution is 5.67. The number of nitrogens with two attached hydrogens (primary N) is 3. The monoisotopic (exact) mass is 228 g/mol. The Morgan fingerprint density at radius 1 is 1.12 bits per heavy atom. The van der Waals surface area contributed by atoms with Gasteiger partial charge in [0.25, 0.3) is 0 Å². The molecule has 0 amide bonds. The topological polar surface area (TPSA) is 90.9 Å². The van der Waals surface area contributed by atoms with Crippen molar-refractivity contribution in [2.24, 2.45) is 0 Å². The maximum Gasteiger partial charge on any atom is 0.149 e. The number of pyridine rings is 1. The molecule has 17 heavy (non-hydrogen) atoms. The van der Waals surface area contributed by atoms with Gasteiger partial charge < -0.3 is 17.2 Å². The van der Waals surface area contributed by atoms with Gasteiger partial charge >= 0.3 is 0 Å². The molecule has 1 aromatic carbocycles. The first-order chi connectivity index (χ1) is 8.06. The van der Waals surface area contributed by atoms with Crippen LogP contribution in [0.25, 0.3) is 0 Å². The summed E-state index contributed by atoms with van der Waals surface area (Å²) in [5.74, 6) is 0.701. The molecule has 0 atom stereocenters. The van der Waals surface area contributed by atoms with Crippen LogP contribution in [0, 0.1) is 6.92 Å². The number of nitrogen functional groups attached to an aromatic ring is 3. The second kappa shape index (κ2) is 4.33. The number of hydrogen-bond acceptors (Lipinski definition) is 4. The Morgan fingerprint density at radius 3 is 2.59 bits per heavy atom. The van der Waals surface area contributed by atoms with Crippen molar-refractivity contribution in [1.82, 2.24) is 4.98 Å². The number of rotatable bonds is 2. The lowest BCUT2D eigenvalue weighted by Gasteiger charge is -2.09. The SMILES string of the molecule is Cc1cccc(Cc2cc(N)nc(N)c2N)c1. The fraction of sp³-hybridized carbons (Fsp3) is 0.154. The molecule has 88 valence electrons. The lowest BCUT2D eigenvalue weighted by molar-refractivity contribution is 1.17. The fourth-order valence-electron chi connectivity index (χ4n) is 1.84. The van der Waals surface area contributed by atoms with Crippen molar-refractivity contribution in [3.05, 3.63) is 47.0 Å². The minimum Gasteiger partial charge on any atom is -0.396 e. The number of nitrogens with zero attached hydrogens (tertiary/aromatic N) is 1. The van der Waals surface area contributed by atoms with Gasteiger partial charge in [0.05, 0.1) is 5.69 Å². The van der Waals surface area contributed by atoms with Crippen LogP contribution in [0.15, 0.2) is 30.3 Å². The maximum absolute atomic E-state index is 5.89. The third-order valence-corrected chi connectivity index (χ3v) is 2.67. The Morgan fingerprint density at radius 2 is 1.88 bits per heavy atom. The molecule has 4 nitrogen and oxygen atoms in total. The molecule has 0 saturated heterocycles. The Kier molecular flexibility index (Phi) is 2.87. The minimum atomic E-state index is 0.299. The van der Waals surface area contributed by atoms with E-state index in [1.165, 1.54) is 11.1 Å². The zero-order valence-corrected chi connectivity index (χ0v) is 9.77. The zero-order valence-electron chi connectivity index (χ0n) is 9.77. The summed E-state index contributed by atoms with van der Waals surface area (Å²) >= 11 is 0. The summed E-state index contributed by atoms with van der Waals surface area (Å²) in [7, 11) is 0. The highest BCUT2D eigenvalue weighted by atomic mass is 14.9. The Bertz CT molecular complexity index is 549. The molecule has 0 bridgehead atoms. The Hall–Kier alpha value is -2.23. The summed E-state index contributed by atoms with van der Waals surface area (Å²) in [5, 5.41) is 0. The van der Waals surface area contributed by atoms with E-state index in [-0.39, 0.29) is 0 Å². The first-order valence-corrected chi connectivity index (χ1v) is 5.42. The second-order valence-corrected chi connectivity index (χ2v) is 4.17. The highest BCUT2D eigenvalue weighted by Crippen LogP contribution is 2.23. The molecule has 1 aromatic heterocycles. The van der Waals surface area contributed by atoms with Crippen molar-refractivity contribution in [2.45, 2.75) is 13.3 Å². The molecule has 0 aliphatic carbocycles. The summed E-state index contributed by atoms with van der Waals surface area (Å²) in [6.07, 6.45) is 0.713. The van der Waals surface area contributed by atoms with Crippen LogP contribution in [0.1, 0.15) is 16.7 Å². The lowest BCUT2D eigenvalue weighted by atomic mass is 10.0. The van der Waals surface area contributed by atoms with Crippen molar-refractivity contribution in [3.8, 4) is 0 Å². The van der Waals surface area contributed by atoms with Gasteiger partial charge in [0.15, 0.2) is 0 Å². The van der Waals surface area contributed by atoms with E-state index in [0.717, 1.165) is 5.56 Å². The number of anilines is 3. The minimum absolute atomic E-state index is 0.299. The van der Waals surface area contributed by atoms with E-state index in [1.807, 2.05) is 6.07 Å². The van der Waals surface area contributed by atoms with Gasteiger partial charge in [-0.15, -0.1) is 0 Å². The van der Waals surface area contributed by atoms with Crippen LogP contribution in [0.4, 0.5) is 17.3 Å². The molecule has 2 rings (SSSR count). The largest absolute Gasteiger partial charge is 0.396 e. The molecule has 0 spiro atoms. The van der Waals surface area contributed by atoms with E-state index in [1.54, 1.807) is 6.07 Å². The van der Waals surface area contributed by atoms with Crippen LogP contribution in [0.2, 0.25) is 0 Å². The lowest BCUT2D eigenvalue weighted by Crippen LogP contribution is -2.05. The van der Waals surface area contributed by atoms with Gasteiger partial charge in [-0.3, -0.25) is 0 Å². The summed E-state index contributed by atoms with van der Waals surface area (Å²) in [6.45, 7) is 2.06. The summed E-state index contributed by atoms with van der Waals surface area (Å²) in [5.41, 5.74) is 21.1.